The molecule has 16 heavy (non-hydrogen) atoms. The van der Waals surface area contributed by atoms with Crippen LogP contribution in [-0.4, -0.2) is 15.0 Å². The number of aromatic nitrogens is 3. The zero-order chi connectivity index (χ0) is 11.5. The van der Waals surface area contributed by atoms with Crippen molar-refractivity contribution in [3.05, 3.63) is 40.1 Å². The molecule has 0 amide bonds. The van der Waals surface area contributed by atoms with E-state index in [4.69, 9.17) is 23.2 Å². The van der Waals surface area contributed by atoms with E-state index in [-0.39, 0.29) is 0 Å². The molecule has 0 atom stereocenters. The fourth-order valence-electron chi connectivity index (χ4n) is 1.27. The first-order valence-electron chi connectivity index (χ1n) is 4.69. The molecule has 0 radical (unpaired) electrons. The van der Waals surface area contributed by atoms with Crippen molar-refractivity contribution in [2.75, 3.05) is 5.32 Å². The Morgan fingerprint density at radius 3 is 2.75 bits per heavy atom. The topological polar surface area (TPSA) is 42.7 Å². The summed E-state index contributed by atoms with van der Waals surface area (Å²) >= 11 is 11.7. The van der Waals surface area contributed by atoms with Crippen LogP contribution < -0.4 is 5.32 Å². The maximum atomic E-state index is 5.90. The summed E-state index contributed by atoms with van der Waals surface area (Å²) in [4.78, 5) is 0. The van der Waals surface area contributed by atoms with Gasteiger partial charge in [-0.2, -0.15) is 0 Å². The van der Waals surface area contributed by atoms with Crippen LogP contribution in [0.1, 0.15) is 5.69 Å². The van der Waals surface area contributed by atoms with Crippen LogP contribution in [0.25, 0.3) is 0 Å². The average molecular weight is 257 g/mol. The van der Waals surface area contributed by atoms with E-state index >= 15 is 0 Å². The van der Waals surface area contributed by atoms with Crippen molar-refractivity contribution < 1.29 is 0 Å². The van der Waals surface area contributed by atoms with Crippen LogP contribution in [0.4, 0.5) is 5.69 Å². The van der Waals surface area contributed by atoms with E-state index < -0.39 is 0 Å². The van der Waals surface area contributed by atoms with Gasteiger partial charge in [-0.3, -0.25) is 4.68 Å². The highest BCUT2D eigenvalue weighted by atomic mass is 35.5. The van der Waals surface area contributed by atoms with Gasteiger partial charge in [0.05, 0.1) is 28.5 Å². The molecule has 0 fully saturated rings. The fourth-order valence-corrected chi connectivity index (χ4v) is 1.57. The Morgan fingerprint density at radius 2 is 2.12 bits per heavy atom. The van der Waals surface area contributed by atoms with Crippen molar-refractivity contribution in [3.63, 3.8) is 0 Å². The van der Waals surface area contributed by atoms with Gasteiger partial charge >= 0.3 is 0 Å². The fraction of sp³-hybridized carbons (Fsp3) is 0.200. The molecule has 84 valence electrons. The molecule has 1 aromatic carbocycles. The van der Waals surface area contributed by atoms with Crippen LogP contribution in [0.5, 0.6) is 0 Å². The van der Waals surface area contributed by atoms with Crippen molar-refractivity contribution in [1.82, 2.24) is 15.0 Å². The van der Waals surface area contributed by atoms with Gasteiger partial charge in [0.2, 0.25) is 0 Å². The molecule has 0 aliphatic carbocycles. The highest BCUT2D eigenvalue weighted by molar-refractivity contribution is 6.42. The predicted octanol–water partition coefficient (Wildman–Crippen LogP) is 2.73. The SMILES string of the molecule is Cn1nncc1CNc1ccc(Cl)c(Cl)c1. The third-order valence-corrected chi connectivity index (χ3v) is 2.94. The number of nitrogens with zero attached hydrogens (tertiary/aromatic N) is 3. The lowest BCUT2D eigenvalue weighted by atomic mass is 10.3. The van der Waals surface area contributed by atoms with E-state index in [0.29, 0.717) is 16.6 Å². The van der Waals surface area contributed by atoms with Crippen molar-refractivity contribution in [1.29, 1.82) is 0 Å². The molecule has 2 rings (SSSR count). The smallest absolute Gasteiger partial charge is 0.0774 e. The number of hydrogen-bond donors (Lipinski definition) is 1. The minimum absolute atomic E-state index is 0.537. The molecule has 0 spiro atoms. The van der Waals surface area contributed by atoms with Gasteiger partial charge in [-0.05, 0) is 18.2 Å². The summed E-state index contributed by atoms with van der Waals surface area (Å²) in [6.07, 6.45) is 1.71. The summed E-state index contributed by atoms with van der Waals surface area (Å²) < 4.78 is 1.71. The van der Waals surface area contributed by atoms with Gasteiger partial charge in [-0.15, -0.1) is 5.10 Å². The molecule has 0 saturated heterocycles. The largest absolute Gasteiger partial charge is 0.379 e. The monoisotopic (exact) mass is 256 g/mol. The molecular formula is C10H10Cl2N4. The van der Waals surface area contributed by atoms with Gasteiger partial charge in [0, 0.05) is 12.7 Å². The molecule has 0 aliphatic heterocycles. The third-order valence-electron chi connectivity index (χ3n) is 2.20. The molecule has 0 bridgehead atoms. The Balaban J connectivity index is 2.05. The van der Waals surface area contributed by atoms with E-state index in [2.05, 4.69) is 15.6 Å². The maximum absolute atomic E-state index is 5.90. The predicted molar refractivity (Wildman–Crippen MR) is 64.8 cm³/mol. The highest BCUT2D eigenvalue weighted by Gasteiger charge is 2.01. The van der Waals surface area contributed by atoms with E-state index in [1.807, 2.05) is 13.1 Å². The average Bonchev–Trinajstić information content (AvgIpc) is 2.66. The summed E-state index contributed by atoms with van der Waals surface area (Å²) in [5, 5.41) is 11.9. The van der Waals surface area contributed by atoms with Gasteiger partial charge in [-0.1, -0.05) is 28.4 Å². The molecule has 1 N–H and O–H groups in total. The molecule has 0 saturated carbocycles. The quantitative estimate of drug-likeness (QED) is 0.919. The van der Waals surface area contributed by atoms with E-state index in [1.54, 1.807) is 23.0 Å². The minimum atomic E-state index is 0.537. The molecule has 4 nitrogen and oxygen atoms in total. The van der Waals surface area contributed by atoms with Crippen molar-refractivity contribution >= 4 is 28.9 Å². The Kier molecular flexibility index (Phi) is 3.31. The number of aryl methyl sites for hydroxylation is 1. The molecule has 0 unspecified atom stereocenters. The molecule has 6 heteroatoms. The second-order valence-corrected chi connectivity index (χ2v) is 4.15. The van der Waals surface area contributed by atoms with Crippen LogP contribution in [0.15, 0.2) is 24.4 Å². The second-order valence-electron chi connectivity index (χ2n) is 3.33. The lowest BCUT2D eigenvalue weighted by Gasteiger charge is -2.06. The van der Waals surface area contributed by atoms with Gasteiger partial charge in [0.1, 0.15) is 0 Å². The summed E-state index contributed by atoms with van der Waals surface area (Å²) in [5.74, 6) is 0. The second kappa shape index (κ2) is 4.72. The lowest BCUT2D eigenvalue weighted by Crippen LogP contribution is -2.05. The first kappa shape index (κ1) is 11.2. The van der Waals surface area contributed by atoms with Crippen molar-refractivity contribution in [3.8, 4) is 0 Å². The molecule has 0 aliphatic rings. The standard InChI is InChI=1S/C10H10Cl2N4/c1-16-8(6-14-15-16)5-13-7-2-3-9(11)10(12)4-7/h2-4,6,13H,5H2,1H3. The molecule has 1 heterocycles. The van der Waals surface area contributed by atoms with Crippen molar-refractivity contribution in [2.45, 2.75) is 6.54 Å². The number of halogens is 2. The number of benzene rings is 1. The van der Waals surface area contributed by atoms with Crippen LogP contribution in [0, 0.1) is 0 Å². The molecule has 2 aromatic rings. The first-order chi connectivity index (χ1) is 7.66. The Bertz CT molecular complexity index is 495. The van der Waals surface area contributed by atoms with Crippen molar-refractivity contribution in [2.24, 2.45) is 7.05 Å². The molecule has 1 aromatic heterocycles. The van der Waals surface area contributed by atoms with Gasteiger partial charge in [0.25, 0.3) is 0 Å². The number of hydrogen-bond acceptors (Lipinski definition) is 3. The van der Waals surface area contributed by atoms with Crippen LogP contribution in [-0.2, 0) is 13.6 Å². The zero-order valence-corrected chi connectivity index (χ0v) is 10.1. The van der Waals surface area contributed by atoms with E-state index in [9.17, 15) is 0 Å². The number of nitrogens with one attached hydrogen (secondary N) is 1. The van der Waals surface area contributed by atoms with Gasteiger partial charge in [-0.25, -0.2) is 0 Å². The van der Waals surface area contributed by atoms with Crippen LogP contribution in [0.3, 0.4) is 0 Å². The highest BCUT2D eigenvalue weighted by Crippen LogP contribution is 2.25. The Morgan fingerprint density at radius 1 is 1.31 bits per heavy atom. The zero-order valence-electron chi connectivity index (χ0n) is 8.61. The Labute approximate surface area is 103 Å². The van der Waals surface area contributed by atoms with Gasteiger partial charge < -0.3 is 5.32 Å². The summed E-state index contributed by atoms with van der Waals surface area (Å²) in [7, 11) is 1.85. The first-order valence-corrected chi connectivity index (χ1v) is 5.45. The normalized spacial score (nSPS) is 10.4. The van der Waals surface area contributed by atoms with Crippen LogP contribution >= 0.6 is 23.2 Å². The van der Waals surface area contributed by atoms with Gasteiger partial charge in [0.15, 0.2) is 0 Å². The third kappa shape index (κ3) is 2.46. The maximum Gasteiger partial charge on any atom is 0.0774 e. The van der Waals surface area contributed by atoms with Crippen LogP contribution in [0.2, 0.25) is 10.0 Å². The lowest BCUT2D eigenvalue weighted by molar-refractivity contribution is 0.683. The van der Waals surface area contributed by atoms with E-state index in [1.165, 1.54) is 0 Å². The summed E-state index contributed by atoms with van der Waals surface area (Å²) in [6.45, 7) is 0.640. The number of rotatable bonds is 3. The summed E-state index contributed by atoms with van der Waals surface area (Å²) in [6, 6.07) is 5.42. The number of anilines is 1. The minimum Gasteiger partial charge on any atom is -0.379 e. The Hall–Kier alpha value is -1.26. The van der Waals surface area contributed by atoms with E-state index in [0.717, 1.165) is 11.4 Å². The summed E-state index contributed by atoms with van der Waals surface area (Å²) in [5.41, 5.74) is 1.90. The molecular weight excluding hydrogens is 247 g/mol.